The van der Waals surface area contributed by atoms with Gasteiger partial charge >= 0.3 is 0 Å². The lowest BCUT2D eigenvalue weighted by atomic mass is 10.2. The van der Waals surface area contributed by atoms with Crippen LogP contribution in [0.4, 0.5) is 4.39 Å². The average molecular weight is 296 g/mol. The second kappa shape index (κ2) is 5.27. The quantitative estimate of drug-likeness (QED) is 0.857. The molecule has 0 atom stereocenters. The number of benzene rings is 1. The van der Waals surface area contributed by atoms with E-state index in [1.165, 1.54) is 6.07 Å². The van der Waals surface area contributed by atoms with Crippen LogP contribution in [0.2, 0.25) is 0 Å². The van der Waals surface area contributed by atoms with E-state index in [1.54, 1.807) is 18.3 Å². The number of ether oxygens (including phenoxy) is 1. The van der Waals surface area contributed by atoms with Crippen molar-refractivity contribution in [1.29, 1.82) is 0 Å². The van der Waals surface area contributed by atoms with E-state index in [-0.39, 0.29) is 12.4 Å². The summed E-state index contributed by atoms with van der Waals surface area (Å²) in [4.78, 5) is 4.10. The number of aromatic nitrogens is 1. The summed E-state index contributed by atoms with van der Waals surface area (Å²) in [7, 11) is 0. The van der Waals surface area contributed by atoms with Crippen molar-refractivity contribution in [2.75, 3.05) is 0 Å². The van der Waals surface area contributed by atoms with Gasteiger partial charge in [0, 0.05) is 15.7 Å². The second-order valence-electron chi connectivity index (χ2n) is 3.66. The highest BCUT2D eigenvalue weighted by atomic mass is 79.9. The van der Waals surface area contributed by atoms with Crippen LogP contribution in [0.25, 0.3) is 0 Å². The van der Waals surface area contributed by atoms with Crippen LogP contribution in [0.5, 0.6) is 5.75 Å². The maximum absolute atomic E-state index is 13.5. The smallest absolute Gasteiger partial charge is 0.138 e. The molecule has 1 heterocycles. The Morgan fingerprint density at radius 2 is 2.12 bits per heavy atom. The molecule has 2 aromatic rings. The van der Waals surface area contributed by atoms with Gasteiger partial charge in [-0.2, -0.15) is 0 Å². The second-order valence-corrected chi connectivity index (χ2v) is 4.58. The molecule has 1 aromatic heterocycles. The molecule has 0 aliphatic heterocycles. The first-order valence-electron chi connectivity index (χ1n) is 5.14. The fourth-order valence-electron chi connectivity index (χ4n) is 1.34. The molecule has 1 aromatic carbocycles. The SMILES string of the molecule is Cc1ccc(OCc2ccc(Br)cc2F)cn1. The van der Waals surface area contributed by atoms with E-state index in [2.05, 4.69) is 20.9 Å². The minimum atomic E-state index is -0.278. The van der Waals surface area contributed by atoms with Crippen molar-refractivity contribution in [2.24, 2.45) is 0 Å². The number of pyridine rings is 1. The van der Waals surface area contributed by atoms with Gasteiger partial charge in [-0.3, -0.25) is 4.98 Å². The number of nitrogens with zero attached hydrogens (tertiary/aromatic N) is 1. The maximum atomic E-state index is 13.5. The largest absolute Gasteiger partial charge is 0.487 e. The van der Waals surface area contributed by atoms with Gasteiger partial charge in [0.15, 0.2) is 0 Å². The summed E-state index contributed by atoms with van der Waals surface area (Å²) in [6.07, 6.45) is 1.63. The maximum Gasteiger partial charge on any atom is 0.138 e. The fourth-order valence-corrected chi connectivity index (χ4v) is 1.67. The van der Waals surface area contributed by atoms with E-state index in [0.29, 0.717) is 11.3 Å². The summed E-state index contributed by atoms with van der Waals surface area (Å²) in [6.45, 7) is 2.10. The van der Waals surface area contributed by atoms with Gasteiger partial charge in [-0.05, 0) is 31.2 Å². The number of aryl methyl sites for hydroxylation is 1. The first kappa shape index (κ1) is 12.0. The van der Waals surface area contributed by atoms with Gasteiger partial charge in [0.2, 0.25) is 0 Å². The van der Waals surface area contributed by atoms with Crippen LogP contribution < -0.4 is 4.74 Å². The lowest BCUT2D eigenvalue weighted by Crippen LogP contribution is -1.98. The normalized spacial score (nSPS) is 10.3. The Labute approximate surface area is 108 Å². The molecule has 2 nitrogen and oxygen atoms in total. The molecule has 2 rings (SSSR count). The van der Waals surface area contributed by atoms with E-state index < -0.39 is 0 Å². The Bertz CT molecular complexity index is 513. The third-order valence-corrected chi connectivity index (χ3v) is 2.79. The Kier molecular flexibility index (Phi) is 3.74. The highest BCUT2D eigenvalue weighted by molar-refractivity contribution is 9.10. The van der Waals surface area contributed by atoms with Crippen molar-refractivity contribution in [3.63, 3.8) is 0 Å². The molecule has 0 radical (unpaired) electrons. The summed E-state index contributed by atoms with van der Waals surface area (Å²) >= 11 is 3.21. The van der Waals surface area contributed by atoms with Crippen molar-refractivity contribution in [3.8, 4) is 5.75 Å². The molecule has 0 bridgehead atoms. The molecule has 0 N–H and O–H groups in total. The molecule has 0 aliphatic carbocycles. The lowest BCUT2D eigenvalue weighted by Gasteiger charge is -2.07. The zero-order valence-electron chi connectivity index (χ0n) is 9.28. The van der Waals surface area contributed by atoms with Crippen LogP contribution in [0.1, 0.15) is 11.3 Å². The summed E-state index contributed by atoms with van der Waals surface area (Å²) in [5.74, 6) is 0.359. The van der Waals surface area contributed by atoms with E-state index in [4.69, 9.17) is 4.74 Å². The van der Waals surface area contributed by atoms with Gasteiger partial charge in [0.1, 0.15) is 18.2 Å². The molecule has 0 aliphatic rings. The predicted octanol–water partition coefficient (Wildman–Crippen LogP) is 3.87. The summed E-state index contributed by atoms with van der Waals surface area (Å²) in [6, 6.07) is 8.58. The van der Waals surface area contributed by atoms with Crippen LogP contribution in [0, 0.1) is 12.7 Å². The molecule has 0 fully saturated rings. The van der Waals surface area contributed by atoms with Gasteiger partial charge in [-0.15, -0.1) is 0 Å². The first-order valence-corrected chi connectivity index (χ1v) is 5.94. The molecule has 0 unspecified atom stereocenters. The number of hydrogen-bond donors (Lipinski definition) is 0. The lowest BCUT2D eigenvalue weighted by molar-refractivity contribution is 0.298. The van der Waals surface area contributed by atoms with Crippen LogP contribution in [-0.2, 0) is 6.61 Å². The van der Waals surface area contributed by atoms with E-state index in [0.717, 1.165) is 10.2 Å². The van der Waals surface area contributed by atoms with Crippen molar-refractivity contribution >= 4 is 15.9 Å². The van der Waals surface area contributed by atoms with E-state index in [9.17, 15) is 4.39 Å². The highest BCUT2D eigenvalue weighted by Gasteiger charge is 2.03. The third-order valence-electron chi connectivity index (χ3n) is 2.29. The molecular weight excluding hydrogens is 285 g/mol. The molecule has 17 heavy (non-hydrogen) atoms. The summed E-state index contributed by atoms with van der Waals surface area (Å²) in [5.41, 5.74) is 1.45. The monoisotopic (exact) mass is 295 g/mol. The molecule has 0 saturated carbocycles. The third kappa shape index (κ3) is 3.27. The van der Waals surface area contributed by atoms with Crippen molar-refractivity contribution < 1.29 is 9.13 Å². The number of halogens is 2. The van der Waals surface area contributed by atoms with Gasteiger partial charge in [0.25, 0.3) is 0 Å². The van der Waals surface area contributed by atoms with Gasteiger partial charge in [-0.25, -0.2) is 4.39 Å². The van der Waals surface area contributed by atoms with E-state index in [1.807, 2.05) is 19.1 Å². The van der Waals surface area contributed by atoms with Crippen molar-refractivity contribution in [3.05, 3.63) is 58.1 Å². The molecule has 0 spiro atoms. The Hall–Kier alpha value is -1.42. The van der Waals surface area contributed by atoms with E-state index >= 15 is 0 Å². The van der Waals surface area contributed by atoms with Crippen molar-refractivity contribution in [2.45, 2.75) is 13.5 Å². The summed E-state index contributed by atoms with van der Waals surface area (Å²) < 4.78 is 19.7. The topological polar surface area (TPSA) is 22.1 Å². The highest BCUT2D eigenvalue weighted by Crippen LogP contribution is 2.17. The Morgan fingerprint density at radius 3 is 2.76 bits per heavy atom. The Balaban J connectivity index is 2.04. The Morgan fingerprint density at radius 1 is 1.29 bits per heavy atom. The number of hydrogen-bond acceptors (Lipinski definition) is 2. The molecular formula is C13H11BrFNO. The first-order chi connectivity index (χ1) is 8.15. The zero-order valence-corrected chi connectivity index (χ0v) is 10.9. The standard InChI is InChI=1S/C13H11BrFNO/c1-9-2-5-12(7-16-9)17-8-10-3-4-11(14)6-13(10)15/h2-7H,8H2,1H3. The molecule has 88 valence electrons. The molecule has 0 amide bonds. The average Bonchev–Trinajstić information content (AvgIpc) is 2.30. The van der Waals surface area contributed by atoms with Gasteiger partial charge in [-0.1, -0.05) is 22.0 Å². The molecule has 4 heteroatoms. The van der Waals surface area contributed by atoms with Crippen LogP contribution in [-0.4, -0.2) is 4.98 Å². The zero-order chi connectivity index (χ0) is 12.3. The van der Waals surface area contributed by atoms with Gasteiger partial charge < -0.3 is 4.74 Å². The predicted molar refractivity (Wildman–Crippen MR) is 67.4 cm³/mol. The minimum Gasteiger partial charge on any atom is -0.487 e. The fraction of sp³-hybridized carbons (Fsp3) is 0.154. The molecule has 0 saturated heterocycles. The van der Waals surface area contributed by atoms with Crippen LogP contribution in [0.3, 0.4) is 0 Å². The van der Waals surface area contributed by atoms with Crippen molar-refractivity contribution in [1.82, 2.24) is 4.98 Å². The number of rotatable bonds is 3. The summed E-state index contributed by atoms with van der Waals surface area (Å²) in [5, 5.41) is 0. The van der Waals surface area contributed by atoms with Crippen LogP contribution >= 0.6 is 15.9 Å². The van der Waals surface area contributed by atoms with Gasteiger partial charge in [0.05, 0.1) is 6.20 Å². The minimum absolute atomic E-state index is 0.198. The van der Waals surface area contributed by atoms with Crippen LogP contribution in [0.15, 0.2) is 41.0 Å².